The van der Waals surface area contributed by atoms with Crippen molar-refractivity contribution < 1.29 is 17.9 Å². The van der Waals surface area contributed by atoms with Crippen LogP contribution in [0.3, 0.4) is 0 Å². The number of halogens is 1. The van der Waals surface area contributed by atoms with E-state index in [4.69, 9.17) is 4.74 Å². The molecule has 2 unspecified atom stereocenters. The Hall–Kier alpha value is -1.16. The highest BCUT2D eigenvalue weighted by molar-refractivity contribution is 7.89. The van der Waals surface area contributed by atoms with Crippen LogP contribution in [0.2, 0.25) is 0 Å². The summed E-state index contributed by atoms with van der Waals surface area (Å²) in [5, 5.41) is 9.30. The number of carbonyl (C=O) groups is 1. The van der Waals surface area contributed by atoms with Gasteiger partial charge in [0.25, 0.3) is 10.0 Å². The zero-order valence-electron chi connectivity index (χ0n) is 12.7. The summed E-state index contributed by atoms with van der Waals surface area (Å²) in [5.74, 6) is -0.693. The second kappa shape index (κ2) is 7.16. The Balaban J connectivity index is 0.00000192. The van der Waals surface area contributed by atoms with E-state index in [-0.39, 0.29) is 35.6 Å². The lowest BCUT2D eigenvalue weighted by atomic mass is 10.0. The van der Waals surface area contributed by atoms with Gasteiger partial charge >= 0.3 is 5.97 Å². The molecule has 0 aliphatic carbocycles. The van der Waals surface area contributed by atoms with Crippen LogP contribution in [0.1, 0.15) is 43.0 Å². The molecular weight excluding hydrogens is 344 g/mol. The molecule has 1 aromatic heterocycles. The molecule has 0 aromatic carbocycles. The third kappa shape index (κ3) is 3.85. The predicted molar refractivity (Wildman–Crippen MR) is 85.1 cm³/mol. The maximum Gasteiger partial charge on any atom is 0.342 e. The van der Waals surface area contributed by atoms with Crippen molar-refractivity contribution in [2.24, 2.45) is 0 Å². The first kappa shape index (κ1) is 18.2. The summed E-state index contributed by atoms with van der Waals surface area (Å²) in [7, 11) is -3.83. The Kier molecular flexibility index (Phi) is 5.66. The van der Waals surface area contributed by atoms with Crippen molar-refractivity contribution in [1.29, 1.82) is 0 Å². The second-order valence-electron chi connectivity index (χ2n) is 5.76. The SMILES string of the molecule is CCOC(=O)c1cn[nH]c1S(=O)(=O)NC1CC2CCC(C1)N2.Cl. The molecule has 23 heavy (non-hydrogen) atoms. The van der Waals surface area contributed by atoms with Crippen LogP contribution in [0.25, 0.3) is 0 Å². The molecule has 2 saturated heterocycles. The Labute approximate surface area is 141 Å². The third-order valence-corrected chi connectivity index (χ3v) is 5.66. The van der Waals surface area contributed by atoms with Crippen LogP contribution < -0.4 is 10.0 Å². The molecule has 3 N–H and O–H groups in total. The van der Waals surface area contributed by atoms with Gasteiger partial charge in [-0.3, -0.25) is 5.10 Å². The molecule has 2 fully saturated rings. The quantitative estimate of drug-likeness (QED) is 0.658. The number of piperidine rings is 1. The van der Waals surface area contributed by atoms with Crippen LogP contribution in [0.4, 0.5) is 0 Å². The van der Waals surface area contributed by atoms with Gasteiger partial charge < -0.3 is 10.1 Å². The van der Waals surface area contributed by atoms with Crippen LogP contribution in [0.15, 0.2) is 11.2 Å². The monoisotopic (exact) mass is 364 g/mol. The highest BCUT2D eigenvalue weighted by atomic mass is 35.5. The fourth-order valence-corrected chi connectivity index (χ4v) is 4.61. The maximum absolute atomic E-state index is 12.5. The molecule has 2 aliphatic rings. The van der Waals surface area contributed by atoms with Gasteiger partial charge in [0.2, 0.25) is 0 Å². The van der Waals surface area contributed by atoms with Crippen LogP contribution >= 0.6 is 12.4 Å². The summed E-state index contributed by atoms with van der Waals surface area (Å²) in [6.45, 7) is 1.84. The van der Waals surface area contributed by atoms with E-state index in [9.17, 15) is 13.2 Å². The van der Waals surface area contributed by atoms with Gasteiger partial charge in [-0.25, -0.2) is 17.9 Å². The van der Waals surface area contributed by atoms with Crippen LogP contribution in [0.5, 0.6) is 0 Å². The average molecular weight is 365 g/mol. The van der Waals surface area contributed by atoms with E-state index in [0.29, 0.717) is 12.1 Å². The summed E-state index contributed by atoms with van der Waals surface area (Å²) < 4.78 is 32.6. The highest BCUT2D eigenvalue weighted by Crippen LogP contribution is 2.27. The van der Waals surface area contributed by atoms with Gasteiger partial charge in [-0.2, -0.15) is 5.10 Å². The number of ether oxygens (including phenoxy) is 1. The Morgan fingerprint density at radius 3 is 2.65 bits per heavy atom. The molecule has 0 spiro atoms. The summed E-state index contributed by atoms with van der Waals surface area (Å²) in [6.07, 6.45) is 4.87. The summed E-state index contributed by atoms with van der Waals surface area (Å²) >= 11 is 0. The van der Waals surface area contributed by atoms with Gasteiger partial charge in [-0.1, -0.05) is 0 Å². The standard InChI is InChI=1S/C13H20N4O4S.ClH/c1-2-21-13(18)11-7-14-16-12(11)22(19,20)17-10-5-8-3-4-9(6-10)15-8;/h7-10,15,17H,2-6H2,1H3,(H,14,16);1H. The topological polar surface area (TPSA) is 113 Å². The highest BCUT2D eigenvalue weighted by Gasteiger charge is 2.36. The molecule has 0 radical (unpaired) electrons. The summed E-state index contributed by atoms with van der Waals surface area (Å²) in [5.41, 5.74) is -0.0637. The number of fused-ring (bicyclic) bond motifs is 2. The molecule has 2 atom stereocenters. The third-order valence-electron chi connectivity index (χ3n) is 4.16. The molecule has 10 heteroatoms. The smallest absolute Gasteiger partial charge is 0.342 e. The van der Waals surface area contributed by atoms with Crippen molar-refractivity contribution in [3.05, 3.63) is 11.8 Å². The average Bonchev–Trinajstić information content (AvgIpc) is 3.06. The van der Waals surface area contributed by atoms with E-state index < -0.39 is 16.0 Å². The van der Waals surface area contributed by atoms with Gasteiger partial charge in [0.15, 0.2) is 5.03 Å². The van der Waals surface area contributed by atoms with E-state index >= 15 is 0 Å². The Bertz CT molecular complexity index is 651. The van der Waals surface area contributed by atoms with Crippen LogP contribution in [-0.4, -0.2) is 49.3 Å². The minimum Gasteiger partial charge on any atom is -0.462 e. The van der Waals surface area contributed by atoms with E-state index in [0.717, 1.165) is 25.7 Å². The van der Waals surface area contributed by atoms with Gasteiger partial charge in [-0.05, 0) is 32.6 Å². The molecule has 2 bridgehead atoms. The van der Waals surface area contributed by atoms with E-state index in [1.54, 1.807) is 6.92 Å². The van der Waals surface area contributed by atoms with Crippen molar-refractivity contribution in [1.82, 2.24) is 20.2 Å². The molecule has 0 amide bonds. The van der Waals surface area contributed by atoms with Crippen molar-refractivity contribution in [2.75, 3.05) is 6.61 Å². The number of H-pyrrole nitrogens is 1. The van der Waals surface area contributed by atoms with Gasteiger partial charge in [0.05, 0.1) is 12.8 Å². The minimum atomic E-state index is -3.83. The largest absolute Gasteiger partial charge is 0.462 e. The maximum atomic E-state index is 12.5. The summed E-state index contributed by atoms with van der Waals surface area (Å²) in [4.78, 5) is 11.8. The van der Waals surface area contributed by atoms with E-state index in [2.05, 4.69) is 20.2 Å². The lowest BCUT2D eigenvalue weighted by Gasteiger charge is -2.29. The number of nitrogens with zero attached hydrogens (tertiary/aromatic N) is 1. The lowest BCUT2D eigenvalue weighted by molar-refractivity contribution is 0.0521. The molecule has 8 nitrogen and oxygen atoms in total. The normalized spacial score (nSPS) is 26.6. The molecular formula is C13H21ClN4O4S. The van der Waals surface area contributed by atoms with Crippen molar-refractivity contribution in [3.63, 3.8) is 0 Å². The number of carbonyl (C=O) groups excluding carboxylic acids is 1. The van der Waals surface area contributed by atoms with Gasteiger partial charge in [0.1, 0.15) is 5.56 Å². The fraction of sp³-hybridized carbons (Fsp3) is 0.692. The number of esters is 1. The molecule has 130 valence electrons. The van der Waals surface area contributed by atoms with Crippen molar-refractivity contribution in [3.8, 4) is 0 Å². The zero-order valence-corrected chi connectivity index (χ0v) is 14.4. The molecule has 0 saturated carbocycles. The number of nitrogens with one attached hydrogen (secondary N) is 3. The predicted octanol–water partition coefficient (Wildman–Crippen LogP) is 0.569. The number of hydrogen-bond acceptors (Lipinski definition) is 6. The molecule has 2 aliphatic heterocycles. The number of hydrogen-bond donors (Lipinski definition) is 3. The zero-order chi connectivity index (χ0) is 15.7. The number of rotatable bonds is 5. The number of aromatic amines is 1. The second-order valence-corrected chi connectivity index (χ2v) is 7.41. The Morgan fingerprint density at radius 1 is 1.39 bits per heavy atom. The van der Waals surface area contributed by atoms with E-state index in [1.165, 1.54) is 6.20 Å². The molecule has 1 aromatic rings. The first-order valence-corrected chi connectivity index (χ1v) is 8.96. The van der Waals surface area contributed by atoms with Gasteiger partial charge in [-0.15, -0.1) is 12.4 Å². The fourth-order valence-electron chi connectivity index (χ4n) is 3.27. The number of aromatic nitrogens is 2. The van der Waals surface area contributed by atoms with Crippen LogP contribution in [0, 0.1) is 0 Å². The van der Waals surface area contributed by atoms with Crippen molar-refractivity contribution >= 4 is 28.4 Å². The number of sulfonamides is 1. The molecule has 3 heterocycles. The van der Waals surface area contributed by atoms with Gasteiger partial charge in [0, 0.05) is 18.1 Å². The van der Waals surface area contributed by atoms with E-state index in [1.807, 2.05) is 0 Å². The summed E-state index contributed by atoms with van der Waals surface area (Å²) in [6, 6.07) is 0.623. The van der Waals surface area contributed by atoms with Crippen molar-refractivity contribution in [2.45, 2.75) is 55.8 Å². The lowest BCUT2D eigenvalue weighted by Crippen LogP contribution is -2.48. The first-order chi connectivity index (χ1) is 10.5. The minimum absolute atomic E-state index is 0. The van der Waals surface area contributed by atoms with Crippen LogP contribution in [-0.2, 0) is 14.8 Å². The Morgan fingerprint density at radius 2 is 2.04 bits per heavy atom. The molecule has 3 rings (SSSR count). The first-order valence-electron chi connectivity index (χ1n) is 7.48.